The summed E-state index contributed by atoms with van der Waals surface area (Å²) in [6.45, 7) is 2.86. The van der Waals surface area contributed by atoms with Crippen molar-refractivity contribution < 1.29 is 8.42 Å². The van der Waals surface area contributed by atoms with Crippen LogP contribution in [0.1, 0.15) is 24.0 Å². The first-order chi connectivity index (χ1) is 8.07. The van der Waals surface area contributed by atoms with Gasteiger partial charge in [-0.2, -0.15) is 9.57 Å². The smallest absolute Gasteiger partial charge is 0.207 e. The topological polar surface area (TPSA) is 61.2 Å². The predicted molar refractivity (Wildman–Crippen MR) is 63.9 cm³/mol. The molecule has 0 atom stereocenters. The summed E-state index contributed by atoms with van der Waals surface area (Å²) in [4.78, 5) is 0.141. The SMILES string of the molecule is Cc1cccc(S(=O)(=O)N2CCCC2)c1C#N. The van der Waals surface area contributed by atoms with Gasteiger partial charge in [-0.1, -0.05) is 12.1 Å². The Morgan fingerprint density at radius 1 is 1.29 bits per heavy atom. The normalized spacial score (nSPS) is 16.9. The molecule has 17 heavy (non-hydrogen) atoms. The largest absolute Gasteiger partial charge is 0.244 e. The molecule has 1 aromatic carbocycles. The van der Waals surface area contributed by atoms with Gasteiger partial charge in [0.2, 0.25) is 10.0 Å². The Kier molecular flexibility index (Phi) is 3.18. The third-order valence-electron chi connectivity index (χ3n) is 3.03. The van der Waals surface area contributed by atoms with Crippen LogP contribution in [0.4, 0.5) is 0 Å². The average Bonchev–Trinajstić information content (AvgIpc) is 2.82. The van der Waals surface area contributed by atoms with Crippen LogP contribution < -0.4 is 0 Å². The Balaban J connectivity index is 2.54. The molecule has 0 aromatic heterocycles. The molecule has 0 radical (unpaired) electrons. The molecule has 0 N–H and O–H groups in total. The van der Waals surface area contributed by atoms with Crippen molar-refractivity contribution in [3.63, 3.8) is 0 Å². The minimum Gasteiger partial charge on any atom is -0.207 e. The summed E-state index contributed by atoms with van der Waals surface area (Å²) < 4.78 is 26.1. The van der Waals surface area contributed by atoms with Crippen molar-refractivity contribution >= 4 is 10.0 Å². The van der Waals surface area contributed by atoms with Crippen molar-refractivity contribution in [2.24, 2.45) is 0 Å². The third-order valence-corrected chi connectivity index (χ3v) is 4.97. The highest BCUT2D eigenvalue weighted by Gasteiger charge is 2.29. The van der Waals surface area contributed by atoms with E-state index in [4.69, 9.17) is 5.26 Å². The van der Waals surface area contributed by atoms with Gasteiger partial charge in [-0.15, -0.1) is 0 Å². The summed E-state index contributed by atoms with van der Waals surface area (Å²) >= 11 is 0. The lowest BCUT2D eigenvalue weighted by Crippen LogP contribution is -2.28. The summed E-state index contributed by atoms with van der Waals surface area (Å²) in [5.74, 6) is 0. The van der Waals surface area contributed by atoms with E-state index < -0.39 is 10.0 Å². The van der Waals surface area contributed by atoms with E-state index in [0.717, 1.165) is 12.8 Å². The lowest BCUT2D eigenvalue weighted by molar-refractivity contribution is 0.477. The molecule has 1 aliphatic heterocycles. The molecule has 1 aromatic rings. The number of sulfonamides is 1. The van der Waals surface area contributed by atoms with Crippen molar-refractivity contribution in [1.29, 1.82) is 5.26 Å². The van der Waals surface area contributed by atoms with E-state index in [1.165, 1.54) is 10.4 Å². The van der Waals surface area contributed by atoms with Crippen molar-refractivity contribution in [2.75, 3.05) is 13.1 Å². The number of hydrogen-bond donors (Lipinski definition) is 0. The van der Waals surface area contributed by atoms with Crippen LogP contribution in [-0.2, 0) is 10.0 Å². The van der Waals surface area contributed by atoms with E-state index in [-0.39, 0.29) is 10.5 Å². The van der Waals surface area contributed by atoms with Gasteiger partial charge in [0, 0.05) is 13.1 Å². The molecule has 0 bridgehead atoms. The second-order valence-corrected chi connectivity index (χ2v) is 6.08. The van der Waals surface area contributed by atoms with Gasteiger partial charge in [-0.05, 0) is 31.4 Å². The maximum absolute atomic E-state index is 12.3. The van der Waals surface area contributed by atoms with Crippen LogP contribution in [0.5, 0.6) is 0 Å². The zero-order valence-electron chi connectivity index (χ0n) is 9.68. The Labute approximate surface area is 102 Å². The van der Waals surface area contributed by atoms with E-state index in [1.54, 1.807) is 19.1 Å². The predicted octanol–water partition coefficient (Wildman–Crippen LogP) is 1.65. The number of aryl methyl sites for hydroxylation is 1. The fraction of sp³-hybridized carbons (Fsp3) is 0.417. The maximum Gasteiger partial charge on any atom is 0.244 e. The molecule has 0 aliphatic carbocycles. The molecule has 1 aliphatic rings. The summed E-state index contributed by atoms with van der Waals surface area (Å²) in [6, 6.07) is 6.93. The molecule has 0 unspecified atom stereocenters. The minimum absolute atomic E-state index is 0.141. The van der Waals surface area contributed by atoms with Crippen molar-refractivity contribution in [3.05, 3.63) is 29.3 Å². The third kappa shape index (κ3) is 2.06. The maximum atomic E-state index is 12.3. The van der Waals surface area contributed by atoms with E-state index in [1.807, 2.05) is 6.07 Å². The molecular weight excluding hydrogens is 236 g/mol. The second kappa shape index (κ2) is 4.47. The molecule has 1 saturated heterocycles. The van der Waals surface area contributed by atoms with Gasteiger partial charge in [0.15, 0.2) is 0 Å². The number of benzene rings is 1. The van der Waals surface area contributed by atoms with Crippen molar-refractivity contribution in [1.82, 2.24) is 4.31 Å². The van der Waals surface area contributed by atoms with Gasteiger partial charge in [0.1, 0.15) is 11.0 Å². The Bertz CT molecular complexity index is 567. The zero-order valence-corrected chi connectivity index (χ0v) is 10.5. The van der Waals surface area contributed by atoms with E-state index in [2.05, 4.69) is 0 Å². The number of rotatable bonds is 2. The summed E-state index contributed by atoms with van der Waals surface area (Å²) in [5.41, 5.74) is 0.965. The van der Waals surface area contributed by atoms with E-state index in [0.29, 0.717) is 18.7 Å². The zero-order chi connectivity index (χ0) is 12.5. The van der Waals surface area contributed by atoms with Gasteiger partial charge in [0.25, 0.3) is 0 Å². The van der Waals surface area contributed by atoms with Crippen LogP contribution in [0, 0.1) is 18.3 Å². The molecule has 0 amide bonds. The van der Waals surface area contributed by atoms with Crippen LogP contribution in [-0.4, -0.2) is 25.8 Å². The molecular formula is C12H14N2O2S. The quantitative estimate of drug-likeness (QED) is 0.801. The molecule has 0 saturated carbocycles. The van der Waals surface area contributed by atoms with Gasteiger partial charge >= 0.3 is 0 Å². The van der Waals surface area contributed by atoms with Gasteiger partial charge in [0.05, 0.1) is 5.56 Å². The summed E-state index contributed by atoms with van der Waals surface area (Å²) in [7, 11) is -3.49. The molecule has 1 heterocycles. The first-order valence-electron chi connectivity index (χ1n) is 5.57. The van der Waals surface area contributed by atoms with Crippen LogP contribution in [0.2, 0.25) is 0 Å². The fourth-order valence-corrected chi connectivity index (χ4v) is 3.80. The molecule has 5 heteroatoms. The Morgan fingerprint density at radius 3 is 2.53 bits per heavy atom. The molecule has 1 fully saturated rings. The number of nitrogens with zero attached hydrogens (tertiary/aromatic N) is 2. The lowest BCUT2D eigenvalue weighted by Gasteiger charge is -2.16. The van der Waals surface area contributed by atoms with E-state index in [9.17, 15) is 8.42 Å². The fourth-order valence-electron chi connectivity index (χ4n) is 2.07. The van der Waals surface area contributed by atoms with Crippen LogP contribution in [0.15, 0.2) is 23.1 Å². The molecule has 0 spiro atoms. The number of nitriles is 1. The summed E-state index contributed by atoms with van der Waals surface area (Å²) in [6.07, 6.45) is 1.79. The van der Waals surface area contributed by atoms with Gasteiger partial charge < -0.3 is 0 Å². The lowest BCUT2D eigenvalue weighted by atomic mass is 10.1. The highest BCUT2D eigenvalue weighted by atomic mass is 32.2. The first kappa shape index (κ1) is 12.1. The highest BCUT2D eigenvalue weighted by Crippen LogP contribution is 2.25. The molecule has 4 nitrogen and oxygen atoms in total. The second-order valence-electron chi connectivity index (χ2n) is 4.17. The Hall–Kier alpha value is -1.38. The van der Waals surface area contributed by atoms with Crippen LogP contribution in [0.25, 0.3) is 0 Å². The van der Waals surface area contributed by atoms with Crippen molar-refractivity contribution in [2.45, 2.75) is 24.7 Å². The van der Waals surface area contributed by atoms with Gasteiger partial charge in [-0.3, -0.25) is 0 Å². The van der Waals surface area contributed by atoms with Gasteiger partial charge in [-0.25, -0.2) is 8.42 Å². The average molecular weight is 250 g/mol. The van der Waals surface area contributed by atoms with Crippen LogP contribution in [0.3, 0.4) is 0 Å². The molecule has 2 rings (SSSR count). The number of hydrogen-bond acceptors (Lipinski definition) is 3. The Morgan fingerprint density at radius 2 is 1.94 bits per heavy atom. The minimum atomic E-state index is -3.49. The highest BCUT2D eigenvalue weighted by molar-refractivity contribution is 7.89. The van der Waals surface area contributed by atoms with Crippen LogP contribution >= 0.6 is 0 Å². The molecule has 90 valence electrons. The first-order valence-corrected chi connectivity index (χ1v) is 7.01. The monoisotopic (exact) mass is 250 g/mol. The summed E-state index contributed by atoms with van der Waals surface area (Å²) in [5, 5.41) is 9.07. The van der Waals surface area contributed by atoms with Crippen molar-refractivity contribution in [3.8, 4) is 6.07 Å². The van der Waals surface area contributed by atoms with E-state index >= 15 is 0 Å². The standard InChI is InChI=1S/C12H14N2O2S/c1-10-5-4-6-12(11(10)9-13)17(15,16)14-7-2-3-8-14/h4-6H,2-3,7-8H2,1H3.